The van der Waals surface area contributed by atoms with E-state index in [1.165, 1.54) is 12.1 Å². The number of amides is 1. The average Bonchev–Trinajstić information content (AvgIpc) is 2.76. The molecule has 3 rings (SSSR count). The molecule has 1 saturated heterocycles. The molecule has 30 heavy (non-hydrogen) atoms. The monoisotopic (exact) mass is 414 g/mol. The molecule has 0 aliphatic carbocycles. The molecule has 1 heterocycles. The number of hydrogen-bond donors (Lipinski definition) is 1. The topological polar surface area (TPSA) is 50.8 Å². The quantitative estimate of drug-likeness (QED) is 0.670. The van der Waals surface area contributed by atoms with Crippen molar-refractivity contribution in [2.75, 3.05) is 26.3 Å². The Bertz CT molecular complexity index is 826. The van der Waals surface area contributed by atoms with Gasteiger partial charge in [-0.05, 0) is 68.6 Å². The number of halogens is 1. The Balaban J connectivity index is 1.53. The standard InChI is InChI=1S/C24H31FN2O3/c1-3-29-22-12-9-19(14-23(22)30-4-2)15-26-24(28)20-6-5-13-27(17-20)16-18-7-10-21(25)11-8-18/h7-12,14,20H,3-6,13,15-17H2,1-2H3,(H,26,28). The van der Waals surface area contributed by atoms with E-state index in [1.54, 1.807) is 12.1 Å². The molecule has 0 radical (unpaired) electrons. The van der Waals surface area contributed by atoms with Gasteiger partial charge in [0, 0.05) is 19.6 Å². The molecule has 0 saturated carbocycles. The van der Waals surface area contributed by atoms with Crippen LogP contribution in [0.1, 0.15) is 37.8 Å². The first-order chi connectivity index (χ1) is 14.6. The van der Waals surface area contributed by atoms with Crippen molar-refractivity contribution >= 4 is 5.91 Å². The number of rotatable bonds is 9. The van der Waals surface area contributed by atoms with E-state index in [2.05, 4.69) is 10.2 Å². The third-order valence-corrected chi connectivity index (χ3v) is 5.27. The lowest BCUT2D eigenvalue weighted by Crippen LogP contribution is -2.42. The number of ether oxygens (including phenoxy) is 2. The molecule has 0 aromatic heterocycles. The van der Waals surface area contributed by atoms with Crippen LogP contribution in [-0.2, 0) is 17.9 Å². The van der Waals surface area contributed by atoms with Crippen molar-refractivity contribution < 1.29 is 18.7 Å². The van der Waals surface area contributed by atoms with E-state index in [4.69, 9.17) is 9.47 Å². The van der Waals surface area contributed by atoms with Gasteiger partial charge in [-0.25, -0.2) is 4.39 Å². The molecule has 1 unspecified atom stereocenters. The molecule has 1 atom stereocenters. The summed E-state index contributed by atoms with van der Waals surface area (Å²) in [6.45, 7) is 7.88. The maximum absolute atomic E-state index is 13.1. The predicted molar refractivity (Wildman–Crippen MR) is 115 cm³/mol. The summed E-state index contributed by atoms with van der Waals surface area (Å²) in [5, 5.41) is 3.07. The smallest absolute Gasteiger partial charge is 0.224 e. The largest absolute Gasteiger partial charge is 0.490 e. The molecule has 1 N–H and O–H groups in total. The molecule has 1 aliphatic rings. The van der Waals surface area contributed by atoms with Gasteiger partial charge in [-0.15, -0.1) is 0 Å². The second kappa shape index (κ2) is 11.0. The lowest BCUT2D eigenvalue weighted by Gasteiger charge is -2.32. The van der Waals surface area contributed by atoms with Gasteiger partial charge in [0.2, 0.25) is 5.91 Å². The SMILES string of the molecule is CCOc1ccc(CNC(=O)C2CCCN(Cc3ccc(F)cc3)C2)cc1OCC. The van der Waals surface area contributed by atoms with Gasteiger partial charge in [0.1, 0.15) is 5.82 Å². The Morgan fingerprint density at radius 1 is 1.07 bits per heavy atom. The maximum atomic E-state index is 13.1. The molecular weight excluding hydrogens is 383 g/mol. The molecule has 0 bridgehead atoms. The number of piperidine rings is 1. The van der Waals surface area contributed by atoms with E-state index in [0.29, 0.717) is 25.5 Å². The van der Waals surface area contributed by atoms with Gasteiger partial charge >= 0.3 is 0 Å². The zero-order valence-corrected chi connectivity index (χ0v) is 17.8. The highest BCUT2D eigenvalue weighted by atomic mass is 19.1. The van der Waals surface area contributed by atoms with Crippen molar-refractivity contribution in [2.45, 2.75) is 39.8 Å². The number of nitrogens with one attached hydrogen (secondary N) is 1. The first-order valence-electron chi connectivity index (χ1n) is 10.7. The second-order valence-corrected chi connectivity index (χ2v) is 7.57. The van der Waals surface area contributed by atoms with Gasteiger partial charge < -0.3 is 14.8 Å². The number of carbonyl (C=O) groups is 1. The molecule has 2 aromatic rings. The zero-order valence-electron chi connectivity index (χ0n) is 17.8. The van der Waals surface area contributed by atoms with E-state index in [0.717, 1.165) is 49.4 Å². The summed E-state index contributed by atoms with van der Waals surface area (Å²) in [5.41, 5.74) is 2.05. The van der Waals surface area contributed by atoms with Gasteiger partial charge in [-0.3, -0.25) is 9.69 Å². The molecular formula is C24H31FN2O3. The van der Waals surface area contributed by atoms with Crippen LogP contribution >= 0.6 is 0 Å². The molecule has 0 spiro atoms. The normalized spacial score (nSPS) is 16.8. The minimum Gasteiger partial charge on any atom is -0.490 e. The summed E-state index contributed by atoms with van der Waals surface area (Å²) in [4.78, 5) is 15.0. The number of nitrogens with zero attached hydrogens (tertiary/aromatic N) is 1. The molecule has 162 valence electrons. The highest BCUT2D eigenvalue weighted by Gasteiger charge is 2.25. The lowest BCUT2D eigenvalue weighted by atomic mass is 9.96. The van der Waals surface area contributed by atoms with Crippen molar-refractivity contribution in [1.82, 2.24) is 10.2 Å². The van der Waals surface area contributed by atoms with Gasteiger partial charge in [0.15, 0.2) is 11.5 Å². The minimum atomic E-state index is -0.226. The van der Waals surface area contributed by atoms with Crippen LogP contribution < -0.4 is 14.8 Å². The fraction of sp³-hybridized carbons (Fsp3) is 0.458. The van der Waals surface area contributed by atoms with Crippen molar-refractivity contribution in [3.8, 4) is 11.5 Å². The summed E-state index contributed by atoms with van der Waals surface area (Å²) in [6, 6.07) is 12.3. The third kappa shape index (κ3) is 6.20. The first-order valence-corrected chi connectivity index (χ1v) is 10.7. The van der Waals surface area contributed by atoms with Gasteiger partial charge in [0.25, 0.3) is 0 Å². The Labute approximate surface area is 178 Å². The highest BCUT2D eigenvalue weighted by molar-refractivity contribution is 5.79. The van der Waals surface area contributed by atoms with Crippen LogP contribution in [0, 0.1) is 11.7 Å². The molecule has 5 nitrogen and oxygen atoms in total. The Morgan fingerprint density at radius 2 is 1.77 bits per heavy atom. The number of likely N-dealkylation sites (tertiary alicyclic amines) is 1. The van der Waals surface area contributed by atoms with Crippen LogP contribution in [0.2, 0.25) is 0 Å². The van der Waals surface area contributed by atoms with E-state index < -0.39 is 0 Å². The van der Waals surface area contributed by atoms with Crippen molar-refractivity contribution in [2.24, 2.45) is 5.92 Å². The lowest BCUT2D eigenvalue weighted by molar-refractivity contribution is -0.126. The summed E-state index contributed by atoms with van der Waals surface area (Å²) < 4.78 is 24.4. The molecule has 6 heteroatoms. The number of hydrogen-bond acceptors (Lipinski definition) is 4. The number of carbonyl (C=O) groups excluding carboxylic acids is 1. The van der Waals surface area contributed by atoms with Crippen LogP contribution in [0.5, 0.6) is 11.5 Å². The van der Waals surface area contributed by atoms with Crippen LogP contribution in [-0.4, -0.2) is 37.1 Å². The average molecular weight is 415 g/mol. The molecule has 1 fully saturated rings. The van der Waals surface area contributed by atoms with E-state index in [1.807, 2.05) is 32.0 Å². The van der Waals surface area contributed by atoms with Gasteiger partial charge in [-0.1, -0.05) is 18.2 Å². The van der Waals surface area contributed by atoms with Gasteiger partial charge in [0.05, 0.1) is 19.1 Å². The van der Waals surface area contributed by atoms with E-state index in [9.17, 15) is 9.18 Å². The van der Waals surface area contributed by atoms with Crippen LogP contribution in [0.15, 0.2) is 42.5 Å². The van der Waals surface area contributed by atoms with E-state index >= 15 is 0 Å². The fourth-order valence-corrected chi connectivity index (χ4v) is 3.80. The molecule has 2 aromatic carbocycles. The Morgan fingerprint density at radius 3 is 2.50 bits per heavy atom. The van der Waals surface area contributed by atoms with Crippen LogP contribution in [0.3, 0.4) is 0 Å². The zero-order chi connectivity index (χ0) is 21.3. The van der Waals surface area contributed by atoms with E-state index in [-0.39, 0.29) is 17.6 Å². The Hall–Kier alpha value is -2.60. The third-order valence-electron chi connectivity index (χ3n) is 5.27. The van der Waals surface area contributed by atoms with Crippen LogP contribution in [0.4, 0.5) is 4.39 Å². The summed E-state index contributed by atoms with van der Waals surface area (Å²) in [5.74, 6) is 1.24. The summed E-state index contributed by atoms with van der Waals surface area (Å²) in [7, 11) is 0. The number of benzene rings is 2. The summed E-state index contributed by atoms with van der Waals surface area (Å²) >= 11 is 0. The first kappa shape index (κ1) is 22.1. The van der Waals surface area contributed by atoms with Crippen molar-refractivity contribution in [3.05, 3.63) is 59.4 Å². The molecule has 1 aliphatic heterocycles. The highest BCUT2D eigenvalue weighted by Crippen LogP contribution is 2.28. The van der Waals surface area contributed by atoms with Gasteiger partial charge in [-0.2, -0.15) is 0 Å². The van der Waals surface area contributed by atoms with Crippen molar-refractivity contribution in [1.29, 1.82) is 0 Å². The minimum absolute atomic E-state index is 0.0340. The maximum Gasteiger partial charge on any atom is 0.224 e. The van der Waals surface area contributed by atoms with Crippen molar-refractivity contribution in [3.63, 3.8) is 0 Å². The second-order valence-electron chi connectivity index (χ2n) is 7.57. The molecule has 1 amide bonds. The summed E-state index contributed by atoms with van der Waals surface area (Å²) in [6.07, 6.45) is 1.87. The Kier molecular flexibility index (Phi) is 8.08. The van der Waals surface area contributed by atoms with Crippen LogP contribution in [0.25, 0.3) is 0 Å². The predicted octanol–water partition coefficient (Wildman–Crippen LogP) is 4.15. The fourth-order valence-electron chi connectivity index (χ4n) is 3.80.